The molecule has 15 unspecified atom stereocenters. The van der Waals surface area contributed by atoms with Gasteiger partial charge in [-0.25, -0.2) is 0 Å². The van der Waals surface area contributed by atoms with E-state index in [0.717, 1.165) is 77.0 Å². The van der Waals surface area contributed by atoms with E-state index in [1.807, 2.05) is 41.5 Å². The molecule has 2 fully saturated rings. The summed E-state index contributed by atoms with van der Waals surface area (Å²) in [5.41, 5.74) is 0. The molecule has 21 nitrogen and oxygen atoms in total. The third-order valence-electron chi connectivity index (χ3n) is 14.3. The molecule has 2 aliphatic rings. The summed E-state index contributed by atoms with van der Waals surface area (Å²) < 4.78 is 10.5. The first-order valence-electron chi connectivity index (χ1n) is 29.0. The molecule has 2 saturated heterocycles. The fourth-order valence-electron chi connectivity index (χ4n) is 9.70. The monoisotopic (exact) mass is 1130 g/mol. The van der Waals surface area contributed by atoms with Crippen LogP contribution in [0.5, 0.6) is 0 Å². The van der Waals surface area contributed by atoms with Crippen molar-refractivity contribution in [3.05, 3.63) is 0 Å². The van der Waals surface area contributed by atoms with E-state index in [2.05, 4.69) is 57.5 Å². The number of carbonyl (C=O) groups excluding carboxylic acids is 4. The predicted octanol–water partition coefficient (Wildman–Crippen LogP) is 1.15. The fourth-order valence-corrected chi connectivity index (χ4v) is 9.70. The van der Waals surface area contributed by atoms with Gasteiger partial charge in [0.1, 0.15) is 84.6 Å². The van der Waals surface area contributed by atoms with Crippen molar-refractivity contribution in [2.75, 3.05) is 52.5 Å². The maximum Gasteiger partial charge on any atom is 0.207 e. The van der Waals surface area contributed by atoms with Gasteiger partial charge in [0, 0.05) is 35.5 Å². The zero-order valence-corrected chi connectivity index (χ0v) is 49.5. The summed E-state index contributed by atoms with van der Waals surface area (Å²) in [4.78, 5) is 48.6. The van der Waals surface area contributed by atoms with E-state index in [4.69, 9.17) is 14.6 Å². The van der Waals surface area contributed by atoms with Crippen LogP contribution < -0.4 is 16.0 Å². The van der Waals surface area contributed by atoms with Crippen LogP contribution in [0.2, 0.25) is 0 Å². The van der Waals surface area contributed by atoms with Crippen molar-refractivity contribution in [3.8, 4) is 0 Å². The van der Waals surface area contributed by atoms with Crippen LogP contribution in [0.4, 0.5) is 0 Å². The van der Waals surface area contributed by atoms with E-state index in [-0.39, 0.29) is 55.2 Å². The molecular weight excluding hydrogens is 1010 g/mol. The third kappa shape index (κ3) is 28.8. The Labute approximate surface area is 466 Å². The van der Waals surface area contributed by atoms with Gasteiger partial charge < -0.3 is 81.4 Å². The minimum absolute atomic E-state index is 0.0386. The molecule has 0 aromatic rings. The van der Waals surface area contributed by atoms with Crippen LogP contribution in [0.1, 0.15) is 160 Å². The zero-order chi connectivity index (χ0) is 60.0. The Morgan fingerprint density at radius 1 is 0.564 bits per heavy atom. The van der Waals surface area contributed by atoms with E-state index >= 15 is 0 Å². The summed E-state index contributed by atoms with van der Waals surface area (Å²) in [7, 11) is 0. The van der Waals surface area contributed by atoms with Crippen LogP contribution in [0, 0.1) is 53.3 Å². The van der Waals surface area contributed by atoms with E-state index < -0.39 is 92.1 Å². The molecule has 15 atom stereocenters. The third-order valence-corrected chi connectivity index (χ3v) is 14.3. The van der Waals surface area contributed by atoms with Gasteiger partial charge in [-0.3, -0.25) is 24.5 Å². The highest BCUT2D eigenvalue weighted by molar-refractivity contribution is 5.85. The average molecular weight is 1130 g/mol. The molecular formula is C57H111N3O18. The van der Waals surface area contributed by atoms with Crippen LogP contribution >= 0.6 is 0 Å². The molecule has 0 saturated carbocycles. The van der Waals surface area contributed by atoms with Gasteiger partial charge in [-0.15, -0.1) is 0 Å². The first kappa shape index (κ1) is 76.0. The predicted molar refractivity (Wildman–Crippen MR) is 296 cm³/mol. The summed E-state index contributed by atoms with van der Waals surface area (Å²) in [6.45, 7) is 24.5. The lowest BCUT2D eigenvalue weighted by Crippen LogP contribution is -2.64. The number of aliphatic hydroxyl groups is 12. The van der Waals surface area contributed by atoms with Crippen molar-refractivity contribution in [2.45, 2.75) is 233 Å². The number of hydrogen-bond donors (Lipinski definition) is 15. The first-order valence-corrected chi connectivity index (χ1v) is 29.0. The van der Waals surface area contributed by atoms with Crippen LogP contribution in [-0.4, -0.2) is 210 Å². The Balaban J connectivity index is 0.00000114. The van der Waals surface area contributed by atoms with Crippen molar-refractivity contribution in [2.24, 2.45) is 53.3 Å². The quantitative estimate of drug-likeness (QED) is 0.0388. The number of Topliss-reactive ketones (excluding diaryl/α,β-unsaturated/α-hetero) is 4. The van der Waals surface area contributed by atoms with Crippen LogP contribution in [0.15, 0.2) is 0 Å². The standard InChI is InChI=1S/3C19H37NO6/c1-12(2)9-14(16(22)13(3)4)7-5-6-8-20-11-19(25)18(24)17(23)15(21)10-26-19;1-11(2)9-13(15(22)12(3)4)7-5-6-8-20-19-18(25)17(24)16(23)14(10-21)26-19;1-12(2)9-14(17(24)13(3)4)7-5-6-8-20-10-15(22)18(25)19(26)16(23)11-21/h12-15,17-18,20-21,23-25H,5-11H2,1-4H3;11-14,16-21,23-25H,5-10H2,1-4H3;12-14,16,18-21,23,25-26H,5-11H2,1-4H3. The van der Waals surface area contributed by atoms with Crippen molar-refractivity contribution in [3.63, 3.8) is 0 Å². The number of rotatable bonds is 37. The van der Waals surface area contributed by atoms with Gasteiger partial charge in [-0.1, -0.05) is 102 Å². The number of carbonyl (C=O) groups is 4. The summed E-state index contributed by atoms with van der Waals surface area (Å²) in [6.07, 6.45) is -4.62. The Kier molecular flexibility index (Phi) is 39.2. The van der Waals surface area contributed by atoms with E-state index in [1.54, 1.807) is 0 Å². The van der Waals surface area contributed by atoms with Gasteiger partial charge in [0.15, 0.2) is 5.78 Å². The summed E-state index contributed by atoms with van der Waals surface area (Å²) in [6, 6.07) is 0. The molecule has 2 rings (SSSR count). The van der Waals surface area contributed by atoms with Crippen molar-refractivity contribution in [1.29, 1.82) is 0 Å². The molecule has 462 valence electrons. The highest BCUT2D eigenvalue weighted by Crippen LogP contribution is 2.27. The second kappa shape index (κ2) is 40.3. The van der Waals surface area contributed by atoms with Gasteiger partial charge in [-0.2, -0.15) is 0 Å². The summed E-state index contributed by atoms with van der Waals surface area (Å²) >= 11 is 0. The fraction of sp³-hybridized carbons (Fsp3) is 0.930. The molecule has 0 aliphatic carbocycles. The molecule has 0 amide bonds. The lowest BCUT2D eigenvalue weighted by Gasteiger charge is -2.41. The molecule has 0 bridgehead atoms. The minimum atomic E-state index is -1.91. The largest absolute Gasteiger partial charge is 0.394 e. The van der Waals surface area contributed by atoms with E-state index in [9.17, 15) is 75.3 Å². The molecule has 21 heteroatoms. The Morgan fingerprint density at radius 3 is 1.38 bits per heavy atom. The van der Waals surface area contributed by atoms with Crippen LogP contribution in [0.3, 0.4) is 0 Å². The lowest BCUT2D eigenvalue weighted by molar-refractivity contribution is -0.317. The molecule has 0 aromatic carbocycles. The number of ether oxygens (including phenoxy) is 2. The van der Waals surface area contributed by atoms with Gasteiger partial charge in [0.2, 0.25) is 5.79 Å². The Bertz CT molecular complexity index is 1620. The van der Waals surface area contributed by atoms with Crippen LogP contribution in [-0.2, 0) is 28.7 Å². The molecule has 0 spiro atoms. The second-order valence-corrected chi connectivity index (χ2v) is 24.0. The Hall–Kier alpha value is -2.00. The van der Waals surface area contributed by atoms with Gasteiger partial charge >= 0.3 is 0 Å². The maximum atomic E-state index is 12.3. The van der Waals surface area contributed by atoms with Crippen molar-refractivity contribution in [1.82, 2.24) is 16.0 Å². The number of unbranched alkanes of at least 4 members (excludes halogenated alkanes) is 3. The number of aliphatic hydroxyl groups excluding tert-OH is 11. The van der Waals surface area contributed by atoms with E-state index in [0.29, 0.717) is 54.7 Å². The van der Waals surface area contributed by atoms with Crippen molar-refractivity contribution >= 4 is 23.1 Å². The SMILES string of the molecule is CC(C)CC(CCCCNC1OC(CO)C(O)C(O)C1O)C(=O)C(C)C.CC(C)CC(CCCCNCC(=O)C(O)C(O)C(O)CO)C(=O)C(C)C.CC(C)CC(CCCCNCC1(O)OCC(O)C(O)C1O)C(=O)C(C)C. The highest BCUT2D eigenvalue weighted by atomic mass is 16.6. The highest BCUT2D eigenvalue weighted by Gasteiger charge is 2.48. The Morgan fingerprint density at radius 2 is 0.987 bits per heavy atom. The normalized spacial score (nSPS) is 26.0. The van der Waals surface area contributed by atoms with Gasteiger partial charge in [-0.05, 0) is 95.2 Å². The topological polar surface area (TPSA) is 366 Å². The molecule has 0 aromatic heterocycles. The molecule has 0 radical (unpaired) electrons. The minimum Gasteiger partial charge on any atom is -0.394 e. The summed E-state index contributed by atoms with van der Waals surface area (Å²) in [5.74, 6) is 0.242. The summed E-state index contributed by atoms with van der Waals surface area (Å²) in [5, 5.41) is 124. The first-order chi connectivity index (χ1) is 36.4. The van der Waals surface area contributed by atoms with Gasteiger partial charge in [0.05, 0.1) is 32.9 Å². The number of ketones is 4. The van der Waals surface area contributed by atoms with Crippen LogP contribution in [0.25, 0.3) is 0 Å². The number of hydrogen-bond acceptors (Lipinski definition) is 21. The van der Waals surface area contributed by atoms with Crippen molar-refractivity contribution < 1.29 is 89.9 Å². The van der Waals surface area contributed by atoms with Gasteiger partial charge in [0.25, 0.3) is 0 Å². The molecule has 15 N–H and O–H groups in total. The molecule has 2 heterocycles. The second-order valence-electron chi connectivity index (χ2n) is 24.0. The molecule has 2 aliphatic heterocycles. The number of nitrogens with one attached hydrogen (secondary N) is 3. The maximum absolute atomic E-state index is 12.3. The zero-order valence-electron chi connectivity index (χ0n) is 49.5. The smallest absolute Gasteiger partial charge is 0.207 e. The lowest BCUT2D eigenvalue weighted by atomic mass is 9.84. The molecule has 78 heavy (non-hydrogen) atoms. The average Bonchev–Trinajstić information content (AvgIpc) is 3.38. The van der Waals surface area contributed by atoms with E-state index in [1.165, 1.54) is 0 Å².